The van der Waals surface area contributed by atoms with Crippen LogP contribution in [0.1, 0.15) is 34.6 Å². The lowest BCUT2D eigenvalue weighted by Gasteiger charge is -2.22. The fraction of sp³-hybridized carbons (Fsp3) is 0.250. The fourth-order valence-electron chi connectivity index (χ4n) is 4.26. The molecule has 0 spiro atoms. The molecule has 4 aromatic rings. The molecule has 3 aromatic carbocycles. The maximum absolute atomic E-state index is 5.76. The minimum atomic E-state index is 0.246. The first kappa shape index (κ1) is 22.5. The highest BCUT2D eigenvalue weighted by Gasteiger charge is 2.20. The van der Waals surface area contributed by atoms with Gasteiger partial charge in [0.2, 0.25) is 5.88 Å². The third-order valence-electron chi connectivity index (χ3n) is 5.82. The summed E-state index contributed by atoms with van der Waals surface area (Å²) >= 11 is 3.76. The van der Waals surface area contributed by atoms with Crippen LogP contribution in [0.4, 0.5) is 0 Å². The molecule has 0 radical (unpaired) electrons. The van der Waals surface area contributed by atoms with Gasteiger partial charge in [0.1, 0.15) is 0 Å². The molecule has 164 valence electrons. The number of rotatable bonds is 8. The lowest BCUT2D eigenvalue weighted by Crippen LogP contribution is -2.17. The van der Waals surface area contributed by atoms with Crippen LogP contribution in [-0.4, -0.2) is 37.6 Å². The number of benzene rings is 3. The van der Waals surface area contributed by atoms with E-state index in [-0.39, 0.29) is 5.92 Å². The summed E-state index contributed by atoms with van der Waals surface area (Å²) in [6.07, 6.45) is 1.80. The van der Waals surface area contributed by atoms with E-state index >= 15 is 0 Å². The minimum Gasteiger partial charge on any atom is -0.481 e. The molecule has 1 unspecified atom stereocenters. The third-order valence-corrected chi connectivity index (χ3v) is 6.28. The molecule has 0 aliphatic carbocycles. The van der Waals surface area contributed by atoms with Crippen molar-refractivity contribution in [2.24, 2.45) is 0 Å². The Morgan fingerprint density at radius 2 is 1.62 bits per heavy atom. The van der Waals surface area contributed by atoms with E-state index in [1.54, 1.807) is 7.11 Å². The largest absolute Gasteiger partial charge is 0.481 e. The van der Waals surface area contributed by atoms with E-state index in [0.717, 1.165) is 40.3 Å². The molecule has 0 amide bonds. The maximum Gasteiger partial charge on any atom is 0.217 e. The summed E-state index contributed by atoms with van der Waals surface area (Å²) in [6.45, 7) is 0.997. The van der Waals surface area contributed by atoms with Gasteiger partial charge in [-0.25, -0.2) is 4.98 Å². The van der Waals surface area contributed by atoms with Crippen LogP contribution in [0.5, 0.6) is 5.88 Å². The van der Waals surface area contributed by atoms with Gasteiger partial charge in [0.05, 0.1) is 12.6 Å². The topological polar surface area (TPSA) is 25.4 Å². The van der Waals surface area contributed by atoms with Crippen molar-refractivity contribution >= 4 is 26.8 Å². The third kappa shape index (κ3) is 5.20. The van der Waals surface area contributed by atoms with Gasteiger partial charge in [-0.15, -0.1) is 0 Å². The lowest BCUT2D eigenvalue weighted by molar-refractivity contribution is 0.390. The van der Waals surface area contributed by atoms with Crippen LogP contribution in [0, 0.1) is 0 Å². The Morgan fingerprint density at radius 1 is 0.938 bits per heavy atom. The SMILES string of the molecule is COc1nc2c(C(CCN(C)C)c3ccccc3)cc(Br)cc2cc1Cc1ccccc1. The van der Waals surface area contributed by atoms with Crippen molar-refractivity contribution in [3.8, 4) is 5.88 Å². The van der Waals surface area contributed by atoms with Crippen molar-refractivity contribution in [3.05, 3.63) is 106 Å². The number of halogens is 1. The van der Waals surface area contributed by atoms with E-state index in [4.69, 9.17) is 9.72 Å². The van der Waals surface area contributed by atoms with Gasteiger partial charge >= 0.3 is 0 Å². The van der Waals surface area contributed by atoms with Gasteiger partial charge in [0.15, 0.2) is 0 Å². The molecule has 1 heterocycles. The first-order valence-corrected chi connectivity index (χ1v) is 11.7. The number of fused-ring (bicyclic) bond motifs is 1. The maximum atomic E-state index is 5.76. The Labute approximate surface area is 199 Å². The summed E-state index contributed by atoms with van der Waals surface area (Å²) in [4.78, 5) is 7.29. The second kappa shape index (κ2) is 10.3. The smallest absolute Gasteiger partial charge is 0.217 e. The van der Waals surface area contributed by atoms with E-state index in [2.05, 4.69) is 108 Å². The highest BCUT2D eigenvalue weighted by atomic mass is 79.9. The molecule has 0 fully saturated rings. The molecule has 0 aliphatic rings. The zero-order chi connectivity index (χ0) is 22.5. The Hall–Kier alpha value is -2.69. The van der Waals surface area contributed by atoms with Crippen molar-refractivity contribution < 1.29 is 4.74 Å². The number of aromatic nitrogens is 1. The Balaban J connectivity index is 1.84. The van der Waals surface area contributed by atoms with Gasteiger partial charge in [-0.1, -0.05) is 76.6 Å². The standard InChI is InChI=1S/C28H29BrN2O/c1-31(2)15-14-25(21-12-8-5-9-13-21)26-19-24(29)18-22-17-23(28(32-3)30-27(22)26)16-20-10-6-4-7-11-20/h4-13,17-19,25H,14-16H2,1-3H3. The highest BCUT2D eigenvalue weighted by Crippen LogP contribution is 2.37. The van der Waals surface area contributed by atoms with Crippen LogP contribution >= 0.6 is 15.9 Å². The number of pyridine rings is 1. The lowest BCUT2D eigenvalue weighted by atomic mass is 9.86. The first-order valence-electron chi connectivity index (χ1n) is 11.0. The summed E-state index contributed by atoms with van der Waals surface area (Å²) in [5.74, 6) is 0.945. The molecule has 1 atom stereocenters. The summed E-state index contributed by atoms with van der Waals surface area (Å²) < 4.78 is 6.84. The quantitative estimate of drug-likeness (QED) is 0.276. The Bertz CT molecular complexity index is 1180. The molecule has 4 rings (SSSR count). The zero-order valence-electron chi connectivity index (χ0n) is 18.9. The molecule has 0 bridgehead atoms. The highest BCUT2D eigenvalue weighted by molar-refractivity contribution is 9.10. The van der Waals surface area contributed by atoms with E-state index in [1.807, 2.05) is 6.07 Å². The van der Waals surface area contributed by atoms with E-state index < -0.39 is 0 Å². The van der Waals surface area contributed by atoms with Crippen LogP contribution in [0.3, 0.4) is 0 Å². The molecular weight excluding hydrogens is 460 g/mol. The van der Waals surface area contributed by atoms with Crippen molar-refractivity contribution in [3.63, 3.8) is 0 Å². The van der Waals surface area contributed by atoms with Crippen LogP contribution in [0.2, 0.25) is 0 Å². The number of hydrogen-bond donors (Lipinski definition) is 0. The average molecular weight is 489 g/mol. The molecule has 32 heavy (non-hydrogen) atoms. The van der Waals surface area contributed by atoms with Crippen molar-refractivity contribution in [1.82, 2.24) is 9.88 Å². The first-order chi connectivity index (χ1) is 15.5. The van der Waals surface area contributed by atoms with Crippen LogP contribution in [0.25, 0.3) is 10.9 Å². The van der Waals surface area contributed by atoms with Gasteiger partial charge in [0, 0.05) is 27.8 Å². The summed E-state index contributed by atoms with van der Waals surface area (Å²) in [5.41, 5.74) is 5.89. The summed E-state index contributed by atoms with van der Waals surface area (Å²) in [6, 6.07) is 27.8. The van der Waals surface area contributed by atoms with E-state index in [1.165, 1.54) is 16.7 Å². The Kier molecular flexibility index (Phi) is 7.23. The molecule has 3 nitrogen and oxygen atoms in total. The molecule has 0 saturated carbocycles. The van der Waals surface area contributed by atoms with E-state index in [9.17, 15) is 0 Å². The number of methoxy groups -OCH3 is 1. The van der Waals surface area contributed by atoms with Crippen molar-refractivity contribution in [2.45, 2.75) is 18.8 Å². The average Bonchev–Trinajstić information content (AvgIpc) is 2.80. The molecule has 4 heteroatoms. The van der Waals surface area contributed by atoms with Gasteiger partial charge < -0.3 is 9.64 Å². The van der Waals surface area contributed by atoms with Crippen LogP contribution in [-0.2, 0) is 6.42 Å². The van der Waals surface area contributed by atoms with Crippen molar-refractivity contribution in [1.29, 1.82) is 0 Å². The zero-order valence-corrected chi connectivity index (χ0v) is 20.5. The second-order valence-corrected chi connectivity index (χ2v) is 9.36. The fourth-order valence-corrected chi connectivity index (χ4v) is 4.76. The number of nitrogens with zero attached hydrogens (tertiary/aromatic N) is 2. The van der Waals surface area contributed by atoms with E-state index in [0.29, 0.717) is 5.88 Å². The van der Waals surface area contributed by atoms with Gasteiger partial charge in [-0.3, -0.25) is 0 Å². The number of hydrogen-bond acceptors (Lipinski definition) is 3. The molecule has 0 aliphatic heterocycles. The monoisotopic (exact) mass is 488 g/mol. The molecule has 0 N–H and O–H groups in total. The van der Waals surface area contributed by atoms with Crippen LogP contribution < -0.4 is 4.74 Å². The summed E-state index contributed by atoms with van der Waals surface area (Å²) in [5, 5.41) is 1.13. The van der Waals surface area contributed by atoms with Gasteiger partial charge in [-0.05, 0) is 62.0 Å². The van der Waals surface area contributed by atoms with Crippen LogP contribution in [0.15, 0.2) is 83.3 Å². The minimum absolute atomic E-state index is 0.246. The van der Waals surface area contributed by atoms with Gasteiger partial charge in [-0.2, -0.15) is 0 Å². The van der Waals surface area contributed by atoms with Crippen molar-refractivity contribution in [2.75, 3.05) is 27.7 Å². The summed E-state index contributed by atoms with van der Waals surface area (Å²) in [7, 11) is 5.96. The molecular formula is C28H29BrN2O. The number of ether oxygens (including phenoxy) is 1. The molecule has 0 saturated heterocycles. The predicted molar refractivity (Wildman–Crippen MR) is 137 cm³/mol. The normalized spacial score (nSPS) is 12.3. The second-order valence-electron chi connectivity index (χ2n) is 8.44. The molecule has 1 aromatic heterocycles. The Morgan fingerprint density at radius 3 is 2.28 bits per heavy atom. The predicted octanol–water partition coefficient (Wildman–Crippen LogP) is 6.68. The van der Waals surface area contributed by atoms with Gasteiger partial charge in [0.25, 0.3) is 0 Å².